The number of anilines is 1. The maximum atomic E-state index is 13.6. The van der Waals surface area contributed by atoms with Crippen molar-refractivity contribution in [3.63, 3.8) is 0 Å². The molecule has 3 aromatic rings. The lowest BCUT2D eigenvalue weighted by molar-refractivity contribution is -0.122. The summed E-state index contributed by atoms with van der Waals surface area (Å²) in [5.74, 6) is -1.28. The van der Waals surface area contributed by atoms with E-state index in [2.05, 4.69) is 0 Å². The Labute approximate surface area is 210 Å². The van der Waals surface area contributed by atoms with Crippen LogP contribution < -0.4 is 10.0 Å². The van der Waals surface area contributed by atoms with Crippen LogP contribution >= 0.6 is 23.2 Å². The second-order valence-corrected chi connectivity index (χ2v) is 11.8. The molecule has 1 aliphatic heterocycles. The van der Waals surface area contributed by atoms with Crippen molar-refractivity contribution in [3.8, 4) is 0 Å². The molecular weight excluding hydrogens is 541 g/mol. The van der Waals surface area contributed by atoms with Crippen molar-refractivity contribution < 1.29 is 30.8 Å². The summed E-state index contributed by atoms with van der Waals surface area (Å²) >= 11 is 12.1. The van der Waals surface area contributed by atoms with Gasteiger partial charge in [0, 0.05) is 5.02 Å². The molecule has 4 rings (SSSR count). The van der Waals surface area contributed by atoms with E-state index >= 15 is 0 Å². The fraction of sp³-hybridized carbons (Fsp3) is 0.143. The van der Waals surface area contributed by atoms with Gasteiger partial charge in [-0.05, 0) is 54.6 Å². The Morgan fingerprint density at radius 2 is 1.71 bits per heavy atom. The van der Waals surface area contributed by atoms with Gasteiger partial charge in [-0.3, -0.25) is 9.59 Å². The molecule has 2 aromatic carbocycles. The number of amides is 2. The van der Waals surface area contributed by atoms with Crippen LogP contribution in [0.2, 0.25) is 10.0 Å². The van der Waals surface area contributed by atoms with Gasteiger partial charge in [0.05, 0.1) is 34.8 Å². The summed E-state index contributed by atoms with van der Waals surface area (Å²) < 4.78 is 56.4. The molecule has 0 radical (unpaired) electrons. The number of halogens is 2. The zero-order chi connectivity index (χ0) is 25.5. The van der Waals surface area contributed by atoms with Crippen molar-refractivity contribution in [2.45, 2.75) is 28.8 Å². The highest BCUT2D eigenvalue weighted by molar-refractivity contribution is 7.89. The number of hydrogen-bond acceptors (Lipinski definition) is 7. The van der Waals surface area contributed by atoms with Gasteiger partial charge in [0.1, 0.15) is 16.7 Å². The molecule has 0 aliphatic carbocycles. The van der Waals surface area contributed by atoms with Gasteiger partial charge in [0.25, 0.3) is 5.91 Å². The highest BCUT2D eigenvalue weighted by Crippen LogP contribution is 2.34. The van der Waals surface area contributed by atoms with E-state index in [1.54, 1.807) is 6.07 Å². The predicted octanol–water partition coefficient (Wildman–Crippen LogP) is 2.76. The zero-order valence-electron chi connectivity index (χ0n) is 17.7. The Kier molecular flexibility index (Phi) is 6.79. The van der Waals surface area contributed by atoms with E-state index in [9.17, 15) is 26.4 Å². The third kappa shape index (κ3) is 4.99. The highest BCUT2D eigenvalue weighted by atomic mass is 35.5. The Morgan fingerprint density at radius 3 is 2.31 bits per heavy atom. The van der Waals surface area contributed by atoms with Crippen LogP contribution in [0.4, 0.5) is 5.69 Å². The van der Waals surface area contributed by atoms with Gasteiger partial charge in [0.2, 0.25) is 26.0 Å². The summed E-state index contributed by atoms with van der Waals surface area (Å²) in [7, 11) is -8.43. The monoisotopic (exact) mass is 557 g/mol. The number of benzene rings is 2. The van der Waals surface area contributed by atoms with Crippen molar-refractivity contribution in [1.29, 1.82) is 0 Å². The van der Waals surface area contributed by atoms with Crippen molar-refractivity contribution in [1.82, 2.24) is 4.31 Å². The minimum Gasteiger partial charge on any atom is -0.468 e. The maximum Gasteiger partial charge on any atom is 0.252 e. The molecular formula is C21H17Cl2N3O7S2. The smallest absolute Gasteiger partial charge is 0.252 e. The third-order valence-electron chi connectivity index (χ3n) is 5.27. The number of furan rings is 1. The molecule has 1 aromatic heterocycles. The number of primary sulfonamides is 1. The second-order valence-electron chi connectivity index (χ2n) is 7.53. The third-order valence-corrected chi connectivity index (χ3v) is 8.77. The SMILES string of the molecule is NS(=O)(=O)c1ccc(N2C(=O)CC(N(Cc3ccco3)S(=O)(=O)c3cc(Cl)ccc3Cl)C2=O)cc1. The number of imide groups is 1. The van der Waals surface area contributed by atoms with Gasteiger partial charge in [-0.25, -0.2) is 26.9 Å². The standard InChI is InChI=1S/C21H17Cl2N3O7S2/c22-13-3-8-17(23)19(10-13)35(31,32)25(12-15-2-1-9-33-15)18-11-20(27)26(21(18)28)14-4-6-16(7-5-14)34(24,29)30/h1-10,18H,11-12H2,(H2,24,29,30). The van der Waals surface area contributed by atoms with Crippen molar-refractivity contribution in [2.75, 3.05) is 4.90 Å². The molecule has 0 spiro atoms. The quantitative estimate of drug-likeness (QED) is 0.439. The Balaban J connectivity index is 1.75. The summed E-state index contributed by atoms with van der Waals surface area (Å²) in [6, 6.07) is 10.3. The first kappa shape index (κ1) is 25.4. The fourth-order valence-electron chi connectivity index (χ4n) is 3.62. The number of rotatable bonds is 7. The summed E-state index contributed by atoms with van der Waals surface area (Å²) in [6.07, 6.45) is 0.876. The molecule has 2 heterocycles. The Hall–Kier alpha value is -2.74. The topological polar surface area (TPSA) is 148 Å². The number of carbonyl (C=O) groups excluding carboxylic acids is 2. The minimum absolute atomic E-state index is 0.0611. The van der Waals surface area contributed by atoms with Crippen LogP contribution in [0.15, 0.2) is 75.1 Å². The molecule has 1 aliphatic rings. The van der Waals surface area contributed by atoms with E-state index in [1.807, 2.05) is 0 Å². The van der Waals surface area contributed by atoms with E-state index in [0.29, 0.717) is 0 Å². The molecule has 14 heteroatoms. The highest BCUT2D eigenvalue weighted by Gasteiger charge is 2.47. The van der Waals surface area contributed by atoms with E-state index in [4.69, 9.17) is 32.8 Å². The summed E-state index contributed by atoms with van der Waals surface area (Å²) in [6.45, 7) is -0.361. The molecule has 35 heavy (non-hydrogen) atoms. The molecule has 10 nitrogen and oxygen atoms in total. The van der Waals surface area contributed by atoms with Gasteiger partial charge in [0.15, 0.2) is 0 Å². The van der Waals surface area contributed by atoms with Gasteiger partial charge in [-0.2, -0.15) is 4.31 Å². The van der Waals surface area contributed by atoms with Crippen LogP contribution in [-0.2, 0) is 36.2 Å². The first-order valence-corrected chi connectivity index (χ1v) is 13.6. The normalized spacial score (nSPS) is 16.9. The lowest BCUT2D eigenvalue weighted by Gasteiger charge is -2.26. The molecule has 0 bridgehead atoms. The lowest BCUT2D eigenvalue weighted by atomic mass is 10.2. The fourth-order valence-corrected chi connectivity index (χ4v) is 6.42. The molecule has 1 atom stereocenters. The predicted molar refractivity (Wildman–Crippen MR) is 127 cm³/mol. The van der Waals surface area contributed by atoms with Crippen molar-refractivity contribution in [2.24, 2.45) is 5.14 Å². The average Bonchev–Trinajstić information content (AvgIpc) is 3.40. The molecule has 1 fully saturated rings. The van der Waals surface area contributed by atoms with Crippen LogP contribution in [0, 0.1) is 0 Å². The van der Waals surface area contributed by atoms with Crippen molar-refractivity contribution >= 4 is 60.8 Å². The van der Waals surface area contributed by atoms with Gasteiger partial charge in [-0.15, -0.1) is 0 Å². The first-order chi connectivity index (χ1) is 16.4. The minimum atomic E-state index is -4.44. The average molecular weight is 558 g/mol. The number of nitrogens with two attached hydrogens (primary N) is 1. The van der Waals surface area contributed by atoms with E-state index in [-0.39, 0.29) is 37.8 Å². The number of sulfonamides is 2. The Bertz CT molecular complexity index is 1510. The van der Waals surface area contributed by atoms with Gasteiger partial charge >= 0.3 is 0 Å². The van der Waals surface area contributed by atoms with Crippen LogP contribution in [-0.4, -0.2) is 39.0 Å². The largest absolute Gasteiger partial charge is 0.468 e. The van der Waals surface area contributed by atoms with Crippen LogP contribution in [0.25, 0.3) is 0 Å². The first-order valence-electron chi connectivity index (χ1n) is 9.88. The molecule has 2 N–H and O–H groups in total. The van der Waals surface area contributed by atoms with E-state index in [1.165, 1.54) is 36.6 Å². The molecule has 1 unspecified atom stereocenters. The second kappa shape index (κ2) is 9.37. The number of nitrogens with zero attached hydrogens (tertiary/aromatic N) is 2. The van der Waals surface area contributed by atoms with E-state index in [0.717, 1.165) is 27.4 Å². The summed E-state index contributed by atoms with van der Waals surface area (Å²) in [4.78, 5) is 26.4. The molecule has 1 saturated heterocycles. The zero-order valence-corrected chi connectivity index (χ0v) is 20.8. The number of carbonyl (C=O) groups is 2. The van der Waals surface area contributed by atoms with Crippen LogP contribution in [0.3, 0.4) is 0 Å². The van der Waals surface area contributed by atoms with E-state index < -0.39 is 44.3 Å². The van der Waals surface area contributed by atoms with Gasteiger partial charge < -0.3 is 4.42 Å². The van der Waals surface area contributed by atoms with Crippen LogP contribution in [0.1, 0.15) is 12.2 Å². The number of hydrogen-bond donors (Lipinski definition) is 1. The van der Waals surface area contributed by atoms with Crippen molar-refractivity contribution in [3.05, 3.63) is 76.7 Å². The molecule has 0 saturated carbocycles. The maximum absolute atomic E-state index is 13.6. The Morgan fingerprint density at radius 1 is 1.03 bits per heavy atom. The van der Waals surface area contributed by atoms with Crippen LogP contribution in [0.5, 0.6) is 0 Å². The van der Waals surface area contributed by atoms with Gasteiger partial charge in [-0.1, -0.05) is 23.2 Å². The summed E-state index contributed by atoms with van der Waals surface area (Å²) in [5.41, 5.74) is 0.0611. The lowest BCUT2D eigenvalue weighted by Crippen LogP contribution is -2.45. The summed E-state index contributed by atoms with van der Waals surface area (Å²) in [5, 5.41) is 5.08. The molecule has 2 amide bonds. The molecule has 184 valence electrons.